The Labute approximate surface area is 101 Å². The second kappa shape index (κ2) is 6.00. The van der Waals surface area contributed by atoms with Crippen LogP contribution in [0.5, 0.6) is 5.75 Å². The molecule has 1 aromatic rings. The molecule has 0 radical (unpaired) electrons. The first-order chi connectivity index (χ1) is 8.29. The number of aliphatic hydroxyl groups is 1. The molecule has 1 unspecified atom stereocenters. The molecule has 1 saturated heterocycles. The van der Waals surface area contributed by atoms with Crippen molar-refractivity contribution in [3.63, 3.8) is 0 Å². The van der Waals surface area contributed by atoms with Gasteiger partial charge < -0.3 is 20.3 Å². The van der Waals surface area contributed by atoms with Crippen LogP contribution >= 0.6 is 0 Å². The topological polar surface area (TPSA) is 64.7 Å². The highest BCUT2D eigenvalue weighted by Crippen LogP contribution is 2.19. The lowest BCUT2D eigenvalue weighted by molar-refractivity contribution is 0.0679. The summed E-state index contributed by atoms with van der Waals surface area (Å²) in [5.74, 6) is 0.780. The smallest absolute Gasteiger partial charge is 0.119 e. The summed E-state index contributed by atoms with van der Waals surface area (Å²) in [5, 5.41) is 9.00. The average Bonchev–Trinajstić information content (AvgIpc) is 2.89. The summed E-state index contributed by atoms with van der Waals surface area (Å²) in [4.78, 5) is 0. The van der Waals surface area contributed by atoms with Gasteiger partial charge in [-0.3, -0.25) is 0 Å². The summed E-state index contributed by atoms with van der Waals surface area (Å²) < 4.78 is 11.1. The van der Waals surface area contributed by atoms with E-state index in [-0.39, 0.29) is 18.8 Å². The Hall–Kier alpha value is -1.10. The molecular weight excluding hydrogens is 218 g/mol. The van der Waals surface area contributed by atoms with Crippen molar-refractivity contribution in [1.82, 2.24) is 0 Å². The van der Waals surface area contributed by atoms with Gasteiger partial charge in [-0.1, -0.05) is 12.1 Å². The molecule has 17 heavy (non-hydrogen) atoms. The predicted molar refractivity (Wildman–Crippen MR) is 64.9 cm³/mol. The van der Waals surface area contributed by atoms with Gasteiger partial charge in [0.15, 0.2) is 0 Å². The molecule has 3 N–H and O–H groups in total. The summed E-state index contributed by atoms with van der Waals surface area (Å²) >= 11 is 0. The minimum absolute atomic E-state index is 0.0603. The van der Waals surface area contributed by atoms with Crippen molar-refractivity contribution in [3.8, 4) is 5.75 Å². The van der Waals surface area contributed by atoms with Crippen LogP contribution in [0, 0.1) is 0 Å². The summed E-state index contributed by atoms with van der Waals surface area (Å²) in [5.41, 5.74) is 6.64. The largest absolute Gasteiger partial charge is 0.491 e. The molecule has 0 aliphatic carbocycles. The quantitative estimate of drug-likeness (QED) is 0.808. The van der Waals surface area contributed by atoms with Gasteiger partial charge in [-0.05, 0) is 30.5 Å². The predicted octanol–water partition coefficient (Wildman–Crippen LogP) is 1.24. The number of nitrogens with two attached hydrogens (primary N) is 1. The minimum Gasteiger partial charge on any atom is -0.491 e. The molecule has 2 rings (SSSR count). The Kier molecular flexibility index (Phi) is 4.36. The van der Waals surface area contributed by atoms with Crippen molar-refractivity contribution >= 4 is 0 Å². The number of hydrogen-bond acceptors (Lipinski definition) is 4. The summed E-state index contributed by atoms with van der Waals surface area (Å²) in [7, 11) is 0. The van der Waals surface area contributed by atoms with Crippen molar-refractivity contribution in [2.45, 2.75) is 25.0 Å². The third-order valence-corrected chi connectivity index (χ3v) is 2.94. The van der Waals surface area contributed by atoms with Gasteiger partial charge in [-0.2, -0.15) is 0 Å². The molecule has 1 aliphatic rings. The van der Waals surface area contributed by atoms with Crippen LogP contribution in [0.15, 0.2) is 24.3 Å². The molecule has 94 valence electrons. The summed E-state index contributed by atoms with van der Waals surface area (Å²) in [6.45, 7) is 1.36. The number of hydrogen-bond donors (Lipinski definition) is 2. The van der Waals surface area contributed by atoms with E-state index in [1.807, 2.05) is 24.3 Å². The Morgan fingerprint density at radius 3 is 3.12 bits per heavy atom. The van der Waals surface area contributed by atoms with Crippen LogP contribution in [-0.2, 0) is 4.74 Å². The molecule has 1 heterocycles. The molecule has 0 spiro atoms. The van der Waals surface area contributed by atoms with Crippen LogP contribution in [-0.4, -0.2) is 31.0 Å². The van der Waals surface area contributed by atoms with Crippen LogP contribution in [0.25, 0.3) is 0 Å². The summed E-state index contributed by atoms with van der Waals surface area (Å²) in [6.07, 6.45) is 2.39. The normalized spacial score (nSPS) is 21.4. The fourth-order valence-corrected chi connectivity index (χ4v) is 1.91. The van der Waals surface area contributed by atoms with E-state index >= 15 is 0 Å². The van der Waals surface area contributed by atoms with E-state index in [0.29, 0.717) is 6.61 Å². The molecule has 1 aliphatic heterocycles. The first-order valence-electron chi connectivity index (χ1n) is 6.00. The van der Waals surface area contributed by atoms with Crippen LogP contribution in [0.2, 0.25) is 0 Å². The molecule has 0 amide bonds. The monoisotopic (exact) mass is 237 g/mol. The van der Waals surface area contributed by atoms with E-state index in [9.17, 15) is 0 Å². The van der Waals surface area contributed by atoms with Gasteiger partial charge in [0.1, 0.15) is 12.4 Å². The maximum Gasteiger partial charge on any atom is 0.119 e. The van der Waals surface area contributed by atoms with Gasteiger partial charge >= 0.3 is 0 Å². The average molecular weight is 237 g/mol. The van der Waals surface area contributed by atoms with Crippen molar-refractivity contribution in [1.29, 1.82) is 0 Å². The molecule has 0 bridgehead atoms. The Morgan fingerprint density at radius 1 is 1.53 bits per heavy atom. The third kappa shape index (κ3) is 3.43. The van der Waals surface area contributed by atoms with Crippen LogP contribution in [0.1, 0.15) is 24.4 Å². The second-order valence-electron chi connectivity index (χ2n) is 4.31. The van der Waals surface area contributed by atoms with Crippen LogP contribution < -0.4 is 10.5 Å². The van der Waals surface area contributed by atoms with Gasteiger partial charge in [0.05, 0.1) is 18.8 Å². The van der Waals surface area contributed by atoms with Crippen molar-refractivity contribution < 1.29 is 14.6 Å². The molecule has 4 heteroatoms. The van der Waals surface area contributed by atoms with Crippen molar-refractivity contribution in [2.75, 3.05) is 19.8 Å². The first kappa shape index (κ1) is 12.4. The fourth-order valence-electron chi connectivity index (χ4n) is 1.91. The van der Waals surface area contributed by atoms with Crippen LogP contribution in [0.3, 0.4) is 0 Å². The fraction of sp³-hybridized carbons (Fsp3) is 0.538. The lowest BCUT2D eigenvalue weighted by atomic mass is 10.1. The van der Waals surface area contributed by atoms with E-state index in [1.165, 1.54) is 0 Å². The second-order valence-corrected chi connectivity index (χ2v) is 4.31. The van der Waals surface area contributed by atoms with Gasteiger partial charge in [-0.15, -0.1) is 0 Å². The van der Waals surface area contributed by atoms with E-state index in [1.54, 1.807) is 0 Å². The number of aliphatic hydroxyl groups excluding tert-OH is 1. The van der Waals surface area contributed by atoms with E-state index in [0.717, 1.165) is 30.8 Å². The highest BCUT2D eigenvalue weighted by Gasteiger charge is 2.16. The highest BCUT2D eigenvalue weighted by molar-refractivity contribution is 5.30. The summed E-state index contributed by atoms with van der Waals surface area (Å²) in [6, 6.07) is 7.19. The zero-order valence-electron chi connectivity index (χ0n) is 9.84. The Balaban J connectivity index is 1.91. The van der Waals surface area contributed by atoms with E-state index in [2.05, 4.69) is 0 Å². The standard InChI is InChI=1S/C13H19NO3/c14-13(8-15)10-3-1-4-11(7-10)17-9-12-5-2-6-16-12/h1,3-4,7,12-13,15H,2,5-6,8-9,14H2/t12?,13-/m1/s1. The maximum atomic E-state index is 9.00. The zero-order valence-corrected chi connectivity index (χ0v) is 9.84. The number of ether oxygens (including phenoxy) is 2. The molecule has 0 aromatic heterocycles. The number of benzene rings is 1. The lowest BCUT2D eigenvalue weighted by Gasteiger charge is -2.13. The molecule has 2 atom stereocenters. The third-order valence-electron chi connectivity index (χ3n) is 2.94. The molecule has 1 fully saturated rings. The van der Waals surface area contributed by atoms with Crippen molar-refractivity contribution in [3.05, 3.63) is 29.8 Å². The maximum absolute atomic E-state index is 9.00. The lowest BCUT2D eigenvalue weighted by Crippen LogP contribution is -2.17. The van der Waals surface area contributed by atoms with E-state index in [4.69, 9.17) is 20.3 Å². The highest BCUT2D eigenvalue weighted by atomic mass is 16.5. The van der Waals surface area contributed by atoms with Crippen LogP contribution in [0.4, 0.5) is 0 Å². The zero-order chi connectivity index (χ0) is 12.1. The van der Waals surface area contributed by atoms with Gasteiger partial charge in [0.25, 0.3) is 0 Å². The van der Waals surface area contributed by atoms with Gasteiger partial charge in [0.2, 0.25) is 0 Å². The Morgan fingerprint density at radius 2 is 2.41 bits per heavy atom. The van der Waals surface area contributed by atoms with Gasteiger partial charge in [-0.25, -0.2) is 0 Å². The van der Waals surface area contributed by atoms with Gasteiger partial charge in [0, 0.05) is 6.61 Å². The van der Waals surface area contributed by atoms with Crippen molar-refractivity contribution in [2.24, 2.45) is 5.73 Å². The molecule has 1 aromatic carbocycles. The van der Waals surface area contributed by atoms with E-state index < -0.39 is 0 Å². The first-order valence-corrected chi connectivity index (χ1v) is 6.00. The number of rotatable bonds is 5. The molecular formula is C13H19NO3. The molecule has 0 saturated carbocycles. The SMILES string of the molecule is N[C@H](CO)c1cccc(OCC2CCCO2)c1. The molecule has 4 nitrogen and oxygen atoms in total. The minimum atomic E-state index is -0.346. The Bertz CT molecular complexity index is 350.